The van der Waals surface area contributed by atoms with Gasteiger partial charge in [0.05, 0.1) is 6.33 Å². The number of aliphatic carboxylic acids is 1. The van der Waals surface area contributed by atoms with Gasteiger partial charge in [-0.05, 0) is 42.9 Å². The van der Waals surface area contributed by atoms with Gasteiger partial charge in [0.15, 0.2) is 0 Å². The lowest BCUT2D eigenvalue weighted by atomic mass is 9.84. The molecule has 1 aromatic heterocycles. The van der Waals surface area contributed by atoms with Crippen LogP contribution < -0.4 is 0 Å². The molecular formula is C19H23N3O2. The van der Waals surface area contributed by atoms with Crippen LogP contribution in [0.25, 0.3) is 5.69 Å². The molecule has 3 atom stereocenters. The third-order valence-electron chi connectivity index (χ3n) is 5.61. The van der Waals surface area contributed by atoms with Crippen molar-refractivity contribution in [2.24, 2.45) is 5.92 Å². The van der Waals surface area contributed by atoms with Gasteiger partial charge in [-0.3, -0.25) is 9.69 Å². The Bertz CT molecular complexity index is 696. The molecule has 0 amide bonds. The first kappa shape index (κ1) is 15.4. The van der Waals surface area contributed by atoms with Crippen molar-refractivity contribution < 1.29 is 9.90 Å². The summed E-state index contributed by atoms with van der Waals surface area (Å²) >= 11 is 0. The Hall–Kier alpha value is -2.14. The fourth-order valence-corrected chi connectivity index (χ4v) is 4.42. The molecule has 1 N–H and O–H groups in total. The van der Waals surface area contributed by atoms with Crippen LogP contribution in [0, 0.1) is 5.92 Å². The molecule has 1 aliphatic heterocycles. The second kappa shape index (κ2) is 6.40. The van der Waals surface area contributed by atoms with Crippen molar-refractivity contribution in [3.05, 3.63) is 48.5 Å². The number of carbonyl (C=O) groups is 1. The van der Waals surface area contributed by atoms with Crippen LogP contribution in [0.3, 0.4) is 0 Å². The summed E-state index contributed by atoms with van der Waals surface area (Å²) in [6.07, 6.45) is 11.1. The summed E-state index contributed by atoms with van der Waals surface area (Å²) in [5.74, 6) is -0.107. The summed E-state index contributed by atoms with van der Waals surface area (Å²) in [6.45, 7) is 0.725. The minimum absolute atomic E-state index is 0.327. The van der Waals surface area contributed by atoms with E-state index in [-0.39, 0.29) is 6.04 Å². The van der Waals surface area contributed by atoms with Crippen molar-refractivity contribution >= 4 is 5.97 Å². The molecular weight excluding hydrogens is 302 g/mol. The molecule has 5 heteroatoms. The molecule has 5 nitrogen and oxygen atoms in total. The maximum absolute atomic E-state index is 11.7. The number of rotatable bonds is 4. The molecule has 2 fully saturated rings. The zero-order chi connectivity index (χ0) is 16.5. The van der Waals surface area contributed by atoms with Crippen LogP contribution in [0.2, 0.25) is 0 Å². The molecule has 3 unspecified atom stereocenters. The summed E-state index contributed by atoms with van der Waals surface area (Å²) in [4.78, 5) is 18.0. The second-order valence-electron chi connectivity index (χ2n) is 7.01. The molecule has 1 aromatic carbocycles. The van der Waals surface area contributed by atoms with E-state index in [2.05, 4.69) is 34.1 Å². The van der Waals surface area contributed by atoms with Crippen LogP contribution in [0.15, 0.2) is 43.0 Å². The van der Waals surface area contributed by atoms with Crippen molar-refractivity contribution in [2.45, 2.75) is 50.7 Å². The number of fused-ring (bicyclic) bond motifs is 1. The van der Waals surface area contributed by atoms with E-state index in [9.17, 15) is 9.90 Å². The third-order valence-corrected chi connectivity index (χ3v) is 5.61. The number of imidazole rings is 1. The third kappa shape index (κ3) is 2.84. The van der Waals surface area contributed by atoms with Crippen LogP contribution in [0.4, 0.5) is 0 Å². The van der Waals surface area contributed by atoms with Crippen LogP contribution in [-0.2, 0) is 11.3 Å². The van der Waals surface area contributed by atoms with Gasteiger partial charge in [0, 0.05) is 30.7 Å². The Balaban J connectivity index is 1.53. The quantitative estimate of drug-likeness (QED) is 0.938. The largest absolute Gasteiger partial charge is 0.480 e. The van der Waals surface area contributed by atoms with Crippen molar-refractivity contribution in [3.63, 3.8) is 0 Å². The molecule has 2 aliphatic rings. The molecule has 1 aliphatic carbocycles. The van der Waals surface area contributed by atoms with E-state index in [0.717, 1.165) is 25.1 Å². The lowest BCUT2D eigenvalue weighted by Gasteiger charge is -2.33. The Kier molecular flexibility index (Phi) is 4.10. The van der Waals surface area contributed by atoms with Crippen LogP contribution in [0.1, 0.15) is 37.7 Å². The number of carboxylic acid groups (broad SMARTS) is 1. The number of aromatic nitrogens is 2. The minimum Gasteiger partial charge on any atom is -0.480 e. The zero-order valence-corrected chi connectivity index (χ0v) is 13.7. The van der Waals surface area contributed by atoms with Gasteiger partial charge >= 0.3 is 5.97 Å². The van der Waals surface area contributed by atoms with Gasteiger partial charge in [-0.2, -0.15) is 0 Å². The first-order valence-electron chi connectivity index (χ1n) is 8.78. The van der Waals surface area contributed by atoms with Gasteiger partial charge in [-0.15, -0.1) is 0 Å². The Morgan fingerprint density at radius 3 is 2.71 bits per heavy atom. The van der Waals surface area contributed by atoms with Crippen molar-refractivity contribution in [3.8, 4) is 5.69 Å². The van der Waals surface area contributed by atoms with Gasteiger partial charge in [-0.1, -0.05) is 25.0 Å². The highest BCUT2D eigenvalue weighted by atomic mass is 16.4. The highest BCUT2D eigenvalue weighted by Crippen LogP contribution is 2.40. The molecule has 1 saturated carbocycles. The van der Waals surface area contributed by atoms with E-state index in [1.54, 1.807) is 12.5 Å². The van der Waals surface area contributed by atoms with Crippen LogP contribution >= 0.6 is 0 Å². The molecule has 2 heterocycles. The number of likely N-dealkylation sites (tertiary alicyclic amines) is 1. The fourth-order valence-electron chi connectivity index (χ4n) is 4.42. The molecule has 0 radical (unpaired) electrons. The van der Waals surface area contributed by atoms with Gasteiger partial charge in [0.1, 0.15) is 6.04 Å². The average molecular weight is 325 g/mol. The standard InChI is InChI=1S/C19H23N3O2/c23-19(24)18-11-15-3-1-2-4-17(15)22(18)12-14-5-7-16(8-6-14)21-10-9-20-13-21/h5-10,13,15,17-18H,1-4,11-12H2,(H,23,24). The zero-order valence-electron chi connectivity index (χ0n) is 13.7. The highest BCUT2D eigenvalue weighted by Gasteiger charge is 2.44. The second-order valence-corrected chi connectivity index (χ2v) is 7.01. The van der Waals surface area contributed by atoms with E-state index in [4.69, 9.17) is 0 Å². The number of hydrogen-bond acceptors (Lipinski definition) is 3. The van der Waals surface area contributed by atoms with Gasteiger partial charge < -0.3 is 9.67 Å². The lowest BCUT2D eigenvalue weighted by Crippen LogP contribution is -2.41. The Morgan fingerprint density at radius 1 is 1.21 bits per heavy atom. The topological polar surface area (TPSA) is 58.4 Å². The Morgan fingerprint density at radius 2 is 2.00 bits per heavy atom. The SMILES string of the molecule is O=C(O)C1CC2CCCCC2N1Cc1ccc(-n2ccnc2)cc1. The normalized spacial score (nSPS) is 27.1. The predicted molar refractivity (Wildman–Crippen MR) is 90.9 cm³/mol. The predicted octanol–water partition coefficient (Wildman–Crippen LogP) is 3.09. The first-order chi connectivity index (χ1) is 11.7. The van der Waals surface area contributed by atoms with Gasteiger partial charge in [0.25, 0.3) is 0 Å². The van der Waals surface area contributed by atoms with Crippen molar-refractivity contribution in [1.82, 2.24) is 14.5 Å². The summed E-state index contributed by atoms with van der Waals surface area (Å²) in [6, 6.07) is 8.46. The van der Waals surface area contributed by atoms with Gasteiger partial charge in [0.2, 0.25) is 0 Å². The van der Waals surface area contributed by atoms with Gasteiger partial charge in [-0.25, -0.2) is 4.98 Å². The number of hydrogen-bond donors (Lipinski definition) is 1. The van der Waals surface area contributed by atoms with Crippen molar-refractivity contribution in [2.75, 3.05) is 0 Å². The van der Waals surface area contributed by atoms with E-state index in [1.165, 1.54) is 24.8 Å². The molecule has 24 heavy (non-hydrogen) atoms. The maximum Gasteiger partial charge on any atom is 0.320 e. The molecule has 4 rings (SSSR count). The summed E-state index contributed by atoms with van der Waals surface area (Å²) in [5, 5.41) is 9.63. The number of nitrogens with zero attached hydrogens (tertiary/aromatic N) is 3. The van der Waals surface area contributed by atoms with E-state index < -0.39 is 5.97 Å². The van der Waals surface area contributed by atoms with Crippen LogP contribution in [-0.4, -0.2) is 37.6 Å². The van der Waals surface area contributed by atoms with E-state index in [1.807, 2.05) is 10.8 Å². The van der Waals surface area contributed by atoms with Crippen LogP contribution in [0.5, 0.6) is 0 Å². The monoisotopic (exact) mass is 325 g/mol. The Labute approximate surface area is 141 Å². The maximum atomic E-state index is 11.7. The minimum atomic E-state index is -0.667. The molecule has 2 aromatic rings. The summed E-state index contributed by atoms with van der Waals surface area (Å²) < 4.78 is 1.97. The fraction of sp³-hybridized carbons (Fsp3) is 0.474. The molecule has 1 saturated heterocycles. The summed E-state index contributed by atoms with van der Waals surface area (Å²) in [7, 11) is 0. The first-order valence-corrected chi connectivity index (χ1v) is 8.78. The average Bonchev–Trinajstić information content (AvgIpc) is 3.24. The number of carboxylic acids is 1. The molecule has 126 valence electrons. The van der Waals surface area contributed by atoms with E-state index in [0.29, 0.717) is 12.0 Å². The van der Waals surface area contributed by atoms with E-state index >= 15 is 0 Å². The molecule has 0 bridgehead atoms. The smallest absolute Gasteiger partial charge is 0.320 e. The lowest BCUT2D eigenvalue weighted by molar-refractivity contribution is -0.142. The molecule has 0 spiro atoms. The number of benzene rings is 1. The highest BCUT2D eigenvalue weighted by molar-refractivity contribution is 5.74. The summed E-state index contributed by atoms with van der Waals surface area (Å²) in [5.41, 5.74) is 2.25. The van der Waals surface area contributed by atoms with Crippen molar-refractivity contribution in [1.29, 1.82) is 0 Å².